The van der Waals surface area contributed by atoms with Gasteiger partial charge in [-0.2, -0.15) is 4.39 Å². The van der Waals surface area contributed by atoms with Gasteiger partial charge in [0, 0.05) is 12.4 Å². The van der Waals surface area contributed by atoms with Gasteiger partial charge in [0.1, 0.15) is 0 Å². The van der Waals surface area contributed by atoms with Gasteiger partial charge in [-0.15, -0.1) is 0 Å². The van der Waals surface area contributed by atoms with Crippen LogP contribution < -0.4 is 0 Å². The third-order valence-corrected chi connectivity index (χ3v) is 0.866. The Balaban J connectivity index is 3.13. The maximum absolute atomic E-state index is 12.0. The summed E-state index contributed by atoms with van der Waals surface area (Å²) in [5.41, 5.74) is 0. The van der Waals surface area contributed by atoms with Crippen LogP contribution in [0.3, 0.4) is 0 Å². The van der Waals surface area contributed by atoms with E-state index in [0.717, 1.165) is 0 Å². The molecule has 0 saturated heterocycles. The van der Waals surface area contributed by atoms with Crippen molar-refractivity contribution in [3.63, 3.8) is 0 Å². The number of nitrogens with zero attached hydrogens (tertiary/aromatic N) is 2. The number of rotatable bonds is 0. The van der Waals surface area contributed by atoms with Crippen LogP contribution in [0.25, 0.3) is 0 Å². The molecule has 0 saturated carbocycles. The topological polar surface area (TPSA) is 25.8 Å². The van der Waals surface area contributed by atoms with Gasteiger partial charge in [0.25, 0.3) is 5.95 Å². The lowest BCUT2D eigenvalue weighted by molar-refractivity contribution is 0.577. The van der Waals surface area contributed by atoms with E-state index in [4.69, 9.17) is 11.6 Å². The van der Waals surface area contributed by atoms with Crippen LogP contribution in [0.4, 0.5) is 4.39 Å². The molecule has 0 aromatic carbocycles. The predicted molar refractivity (Wildman–Crippen MR) is 27.0 cm³/mol. The third kappa shape index (κ3) is 0.924. The van der Waals surface area contributed by atoms with Gasteiger partial charge in [-0.05, 0) is 0 Å². The van der Waals surface area contributed by atoms with Crippen molar-refractivity contribution >= 4 is 11.6 Å². The van der Waals surface area contributed by atoms with Crippen molar-refractivity contribution in [1.29, 1.82) is 0 Å². The Hall–Kier alpha value is -0.700. The quantitative estimate of drug-likeness (QED) is 0.531. The van der Waals surface area contributed by atoms with E-state index in [1.54, 1.807) is 0 Å². The minimum absolute atomic E-state index is 0.187. The summed E-state index contributed by atoms with van der Waals surface area (Å²) >= 11 is 5.16. The van der Waals surface area contributed by atoms with E-state index in [0.29, 0.717) is 0 Å². The molecule has 0 spiro atoms. The summed E-state index contributed by atoms with van der Waals surface area (Å²) in [5, 5.41) is -0.187. The molecule has 4 heteroatoms. The second-order valence-corrected chi connectivity index (χ2v) is 1.50. The van der Waals surface area contributed by atoms with Crippen LogP contribution in [-0.2, 0) is 0 Å². The van der Waals surface area contributed by atoms with Crippen molar-refractivity contribution in [2.24, 2.45) is 0 Å². The highest BCUT2D eigenvalue weighted by molar-refractivity contribution is 6.29. The van der Waals surface area contributed by atoms with Crippen LogP contribution in [0.5, 0.6) is 0 Å². The summed E-state index contributed by atoms with van der Waals surface area (Å²) in [7, 11) is 0. The van der Waals surface area contributed by atoms with Crippen LogP contribution in [0.2, 0.25) is 5.15 Å². The average Bonchev–Trinajstić information content (AvgIpc) is 1.77. The third-order valence-electron chi connectivity index (χ3n) is 0.613. The fraction of sp³-hybridized carbons (Fsp3) is 0. The Morgan fingerprint density at radius 2 is 2.00 bits per heavy atom. The van der Waals surface area contributed by atoms with E-state index in [-0.39, 0.29) is 5.15 Å². The Morgan fingerprint density at radius 1 is 1.38 bits per heavy atom. The smallest absolute Gasteiger partial charge is 0.238 e. The summed E-state index contributed by atoms with van der Waals surface area (Å²) in [6.07, 6.45) is 2.56. The van der Waals surface area contributed by atoms with Crippen molar-refractivity contribution in [3.05, 3.63) is 23.5 Å². The van der Waals surface area contributed by atoms with Gasteiger partial charge in [-0.1, -0.05) is 11.6 Å². The maximum Gasteiger partial charge on any atom is 0.250 e. The molecule has 1 aromatic rings. The zero-order valence-corrected chi connectivity index (χ0v) is 4.56. The Kier molecular flexibility index (Phi) is 1.39. The average molecular weight is 133 g/mol. The molecule has 0 N–H and O–H groups in total. The van der Waals surface area contributed by atoms with E-state index in [9.17, 15) is 4.39 Å². The standard InChI is InChI=1S/C4H2ClFN2/c5-3-4(6)8-2-1-7-3/h1-2H. The lowest BCUT2D eigenvalue weighted by Crippen LogP contribution is -1.83. The Morgan fingerprint density at radius 3 is 2.38 bits per heavy atom. The van der Waals surface area contributed by atoms with Gasteiger partial charge < -0.3 is 0 Å². The first-order valence-electron chi connectivity index (χ1n) is 1.92. The molecule has 0 aliphatic heterocycles. The van der Waals surface area contributed by atoms with Crippen molar-refractivity contribution in [2.45, 2.75) is 0 Å². The molecule has 0 fully saturated rings. The van der Waals surface area contributed by atoms with Crippen molar-refractivity contribution in [2.75, 3.05) is 0 Å². The molecular formula is C4H2ClFN2. The summed E-state index contributed by atoms with van der Waals surface area (Å²) in [4.78, 5) is 6.62. The summed E-state index contributed by atoms with van der Waals surface area (Å²) in [6, 6.07) is 0. The highest BCUT2D eigenvalue weighted by atomic mass is 35.5. The lowest BCUT2D eigenvalue weighted by atomic mass is 10.7. The summed E-state index contributed by atoms with van der Waals surface area (Å²) in [5.74, 6) is -0.728. The molecule has 42 valence electrons. The van der Waals surface area contributed by atoms with Crippen molar-refractivity contribution < 1.29 is 4.39 Å². The maximum atomic E-state index is 12.0. The van der Waals surface area contributed by atoms with Crippen LogP contribution >= 0.6 is 11.6 Å². The highest BCUT2D eigenvalue weighted by Crippen LogP contribution is 2.03. The van der Waals surface area contributed by atoms with E-state index in [1.165, 1.54) is 12.4 Å². The lowest BCUT2D eigenvalue weighted by Gasteiger charge is -1.85. The van der Waals surface area contributed by atoms with Crippen LogP contribution in [0.15, 0.2) is 12.4 Å². The van der Waals surface area contributed by atoms with E-state index >= 15 is 0 Å². The molecule has 0 radical (unpaired) electrons. The molecule has 0 amide bonds. The molecule has 0 aliphatic rings. The second-order valence-electron chi connectivity index (χ2n) is 1.14. The number of aromatic nitrogens is 2. The monoisotopic (exact) mass is 132 g/mol. The second kappa shape index (κ2) is 2.05. The molecule has 8 heavy (non-hydrogen) atoms. The number of halogens is 2. The molecule has 1 heterocycles. The normalized spacial score (nSPS) is 9.25. The summed E-state index contributed by atoms with van der Waals surface area (Å²) < 4.78 is 12.0. The van der Waals surface area contributed by atoms with Crippen molar-refractivity contribution in [3.8, 4) is 0 Å². The first-order valence-corrected chi connectivity index (χ1v) is 2.30. The first kappa shape index (κ1) is 5.44. The zero-order chi connectivity index (χ0) is 5.98. The molecular weight excluding hydrogens is 131 g/mol. The van der Waals surface area contributed by atoms with Crippen LogP contribution in [0, 0.1) is 5.95 Å². The fourth-order valence-corrected chi connectivity index (χ4v) is 0.409. The fourth-order valence-electron chi connectivity index (χ4n) is 0.304. The SMILES string of the molecule is Fc1nccnc1Cl. The van der Waals surface area contributed by atoms with E-state index < -0.39 is 5.95 Å². The van der Waals surface area contributed by atoms with Crippen LogP contribution in [0.1, 0.15) is 0 Å². The molecule has 0 atom stereocenters. The van der Waals surface area contributed by atoms with E-state index in [1.807, 2.05) is 0 Å². The Labute approximate surface area is 50.3 Å². The molecule has 1 aromatic heterocycles. The van der Waals surface area contributed by atoms with Gasteiger partial charge in [-0.3, -0.25) is 0 Å². The summed E-state index contributed by atoms with van der Waals surface area (Å²) in [6.45, 7) is 0. The largest absolute Gasteiger partial charge is 0.250 e. The van der Waals surface area contributed by atoms with Gasteiger partial charge in [0.15, 0.2) is 5.15 Å². The number of hydrogen-bond donors (Lipinski definition) is 0. The van der Waals surface area contributed by atoms with Crippen molar-refractivity contribution in [1.82, 2.24) is 9.97 Å². The predicted octanol–water partition coefficient (Wildman–Crippen LogP) is 1.27. The minimum Gasteiger partial charge on any atom is -0.238 e. The zero-order valence-electron chi connectivity index (χ0n) is 3.81. The number of hydrogen-bond acceptors (Lipinski definition) is 2. The minimum atomic E-state index is -0.728. The first-order chi connectivity index (χ1) is 3.80. The van der Waals surface area contributed by atoms with Gasteiger partial charge in [0.05, 0.1) is 0 Å². The van der Waals surface area contributed by atoms with Gasteiger partial charge >= 0.3 is 0 Å². The molecule has 2 nitrogen and oxygen atoms in total. The highest BCUT2D eigenvalue weighted by Gasteiger charge is 1.95. The Bertz CT molecular complexity index is 170. The van der Waals surface area contributed by atoms with Crippen LogP contribution in [-0.4, -0.2) is 9.97 Å². The van der Waals surface area contributed by atoms with Gasteiger partial charge in [-0.25, -0.2) is 9.97 Å². The molecule has 0 bridgehead atoms. The van der Waals surface area contributed by atoms with Gasteiger partial charge in [0.2, 0.25) is 0 Å². The van der Waals surface area contributed by atoms with E-state index in [2.05, 4.69) is 9.97 Å². The molecule has 0 unspecified atom stereocenters. The molecule has 1 rings (SSSR count). The molecule has 0 aliphatic carbocycles.